The van der Waals surface area contributed by atoms with Gasteiger partial charge in [-0.05, 0) is 43.0 Å². The summed E-state index contributed by atoms with van der Waals surface area (Å²) in [6, 6.07) is 11.5. The number of guanidine groups is 1. The Morgan fingerprint density at radius 3 is 2.69 bits per heavy atom. The second-order valence-corrected chi connectivity index (χ2v) is 7.49. The van der Waals surface area contributed by atoms with E-state index in [9.17, 15) is 8.78 Å². The zero-order chi connectivity index (χ0) is 22.6. The minimum absolute atomic E-state index is 0.0231. The summed E-state index contributed by atoms with van der Waals surface area (Å²) in [6.45, 7) is 5.94. The maximum absolute atomic E-state index is 13.6. The number of nitrogens with one attached hydrogen (secondary N) is 2. The van der Waals surface area contributed by atoms with Crippen molar-refractivity contribution in [1.29, 1.82) is 0 Å². The van der Waals surface area contributed by atoms with Crippen LogP contribution in [0.4, 0.5) is 8.78 Å². The Balaban J connectivity index is 1.46. The van der Waals surface area contributed by atoms with E-state index in [-0.39, 0.29) is 18.5 Å². The van der Waals surface area contributed by atoms with E-state index in [1.165, 1.54) is 12.1 Å². The van der Waals surface area contributed by atoms with Crippen molar-refractivity contribution in [3.8, 4) is 5.75 Å². The van der Waals surface area contributed by atoms with Crippen molar-refractivity contribution in [3.05, 3.63) is 65.2 Å². The van der Waals surface area contributed by atoms with Gasteiger partial charge in [-0.3, -0.25) is 0 Å². The molecule has 1 heterocycles. The van der Waals surface area contributed by atoms with E-state index in [0.29, 0.717) is 32.2 Å². The fourth-order valence-electron chi connectivity index (χ4n) is 3.31. The summed E-state index contributed by atoms with van der Waals surface area (Å²) >= 11 is 0. The molecule has 174 valence electrons. The SMILES string of the molecule is CCNC(=NCc1cccc(COC2CCOCC2)c1)NCCOc1ccc(F)cc1F. The summed E-state index contributed by atoms with van der Waals surface area (Å²) in [5.41, 5.74) is 2.21. The van der Waals surface area contributed by atoms with E-state index >= 15 is 0 Å². The highest BCUT2D eigenvalue weighted by atomic mass is 19.1. The molecule has 0 amide bonds. The number of hydrogen-bond donors (Lipinski definition) is 2. The van der Waals surface area contributed by atoms with Gasteiger partial charge in [0.2, 0.25) is 0 Å². The van der Waals surface area contributed by atoms with Crippen LogP contribution in [0.25, 0.3) is 0 Å². The summed E-state index contributed by atoms with van der Waals surface area (Å²) in [7, 11) is 0. The molecule has 0 spiro atoms. The monoisotopic (exact) mass is 447 g/mol. The van der Waals surface area contributed by atoms with E-state index in [1.54, 1.807) is 0 Å². The molecule has 8 heteroatoms. The summed E-state index contributed by atoms with van der Waals surface area (Å²) in [6.07, 6.45) is 2.15. The van der Waals surface area contributed by atoms with Gasteiger partial charge in [0.25, 0.3) is 0 Å². The molecule has 1 aliphatic rings. The maximum atomic E-state index is 13.6. The number of ether oxygens (including phenoxy) is 3. The van der Waals surface area contributed by atoms with Crippen LogP contribution < -0.4 is 15.4 Å². The Hall–Kier alpha value is -2.71. The largest absolute Gasteiger partial charge is 0.489 e. The third kappa shape index (κ3) is 8.09. The third-order valence-electron chi connectivity index (χ3n) is 4.96. The molecule has 0 saturated carbocycles. The van der Waals surface area contributed by atoms with E-state index in [4.69, 9.17) is 14.2 Å². The predicted octanol–water partition coefficient (Wildman–Crippen LogP) is 3.79. The fourth-order valence-corrected chi connectivity index (χ4v) is 3.31. The van der Waals surface area contributed by atoms with E-state index in [2.05, 4.69) is 27.8 Å². The van der Waals surface area contributed by atoms with Gasteiger partial charge in [0.05, 0.1) is 25.8 Å². The van der Waals surface area contributed by atoms with Gasteiger partial charge in [-0.1, -0.05) is 24.3 Å². The molecule has 0 bridgehead atoms. The normalized spacial score (nSPS) is 14.9. The molecule has 0 aromatic heterocycles. The minimum Gasteiger partial charge on any atom is -0.489 e. The second kappa shape index (κ2) is 13.0. The smallest absolute Gasteiger partial charge is 0.191 e. The van der Waals surface area contributed by atoms with Crippen molar-refractivity contribution in [2.24, 2.45) is 4.99 Å². The standard InChI is InChI=1S/C24H31F2N3O3/c1-2-27-24(28-10-13-31-23-7-6-20(25)15-22(23)26)29-16-18-4-3-5-19(14-18)17-32-21-8-11-30-12-9-21/h3-7,14-15,21H,2,8-13,16-17H2,1H3,(H2,27,28,29). The van der Waals surface area contributed by atoms with Crippen LogP contribution in [0.2, 0.25) is 0 Å². The lowest BCUT2D eigenvalue weighted by atomic mass is 10.1. The lowest BCUT2D eigenvalue weighted by Gasteiger charge is -2.22. The average molecular weight is 448 g/mol. The van der Waals surface area contributed by atoms with Crippen LogP contribution in [0, 0.1) is 11.6 Å². The Bertz CT molecular complexity index is 873. The van der Waals surface area contributed by atoms with Crippen molar-refractivity contribution < 1.29 is 23.0 Å². The molecule has 0 aliphatic carbocycles. The molecule has 32 heavy (non-hydrogen) atoms. The first-order chi connectivity index (χ1) is 15.6. The highest BCUT2D eigenvalue weighted by Gasteiger charge is 2.14. The first kappa shape index (κ1) is 23.9. The molecule has 2 aromatic carbocycles. The van der Waals surface area contributed by atoms with Gasteiger partial charge in [0, 0.05) is 25.8 Å². The van der Waals surface area contributed by atoms with Gasteiger partial charge >= 0.3 is 0 Å². The van der Waals surface area contributed by atoms with Crippen molar-refractivity contribution in [1.82, 2.24) is 10.6 Å². The molecule has 0 unspecified atom stereocenters. The number of hydrogen-bond acceptors (Lipinski definition) is 4. The van der Waals surface area contributed by atoms with E-state index in [1.807, 2.05) is 19.1 Å². The minimum atomic E-state index is -0.716. The Labute approximate surface area is 188 Å². The Morgan fingerprint density at radius 2 is 1.91 bits per heavy atom. The molecule has 1 aliphatic heterocycles. The van der Waals surface area contributed by atoms with Crippen molar-refractivity contribution in [2.75, 3.05) is 32.9 Å². The number of nitrogens with zero attached hydrogens (tertiary/aromatic N) is 1. The first-order valence-electron chi connectivity index (χ1n) is 11.0. The van der Waals surface area contributed by atoms with E-state index in [0.717, 1.165) is 43.2 Å². The highest BCUT2D eigenvalue weighted by Crippen LogP contribution is 2.17. The first-order valence-corrected chi connectivity index (χ1v) is 11.0. The zero-order valence-corrected chi connectivity index (χ0v) is 18.4. The molecule has 1 saturated heterocycles. The second-order valence-electron chi connectivity index (χ2n) is 7.49. The molecule has 0 atom stereocenters. The number of aliphatic imine (C=N–C) groups is 1. The number of rotatable bonds is 10. The lowest BCUT2D eigenvalue weighted by molar-refractivity contribution is -0.0390. The van der Waals surface area contributed by atoms with E-state index < -0.39 is 11.6 Å². The van der Waals surface area contributed by atoms with Crippen LogP contribution in [0.1, 0.15) is 30.9 Å². The maximum Gasteiger partial charge on any atom is 0.191 e. The molecule has 0 radical (unpaired) electrons. The van der Waals surface area contributed by atoms with Crippen LogP contribution in [-0.2, 0) is 22.6 Å². The van der Waals surface area contributed by atoms with Gasteiger partial charge in [-0.2, -0.15) is 0 Å². The Morgan fingerprint density at radius 1 is 1.09 bits per heavy atom. The molecule has 3 rings (SSSR count). The van der Waals surface area contributed by atoms with Crippen LogP contribution in [-0.4, -0.2) is 45.0 Å². The molecule has 1 fully saturated rings. The average Bonchev–Trinajstić information content (AvgIpc) is 2.81. The summed E-state index contributed by atoms with van der Waals surface area (Å²) < 4.78 is 43.3. The molecule has 2 aromatic rings. The van der Waals surface area contributed by atoms with Crippen LogP contribution in [0.15, 0.2) is 47.5 Å². The van der Waals surface area contributed by atoms with Crippen LogP contribution in [0.5, 0.6) is 5.75 Å². The fraction of sp³-hybridized carbons (Fsp3) is 0.458. The summed E-state index contributed by atoms with van der Waals surface area (Å²) in [4.78, 5) is 4.61. The van der Waals surface area contributed by atoms with Gasteiger partial charge in [-0.25, -0.2) is 13.8 Å². The van der Waals surface area contributed by atoms with Gasteiger partial charge < -0.3 is 24.8 Å². The summed E-state index contributed by atoms with van der Waals surface area (Å²) in [5, 5.41) is 6.33. The zero-order valence-electron chi connectivity index (χ0n) is 18.4. The molecular weight excluding hydrogens is 416 g/mol. The van der Waals surface area contributed by atoms with Crippen LogP contribution >= 0.6 is 0 Å². The third-order valence-corrected chi connectivity index (χ3v) is 4.96. The summed E-state index contributed by atoms with van der Waals surface area (Å²) in [5.74, 6) is -0.686. The topological polar surface area (TPSA) is 64.1 Å². The number of benzene rings is 2. The quantitative estimate of drug-likeness (QED) is 0.330. The van der Waals surface area contributed by atoms with Crippen molar-refractivity contribution in [3.63, 3.8) is 0 Å². The Kier molecular flexibility index (Phi) is 9.71. The van der Waals surface area contributed by atoms with Gasteiger partial charge in [0.1, 0.15) is 12.4 Å². The van der Waals surface area contributed by atoms with Crippen molar-refractivity contribution in [2.45, 2.75) is 39.0 Å². The molecular formula is C24H31F2N3O3. The molecule has 6 nitrogen and oxygen atoms in total. The number of halogens is 2. The van der Waals surface area contributed by atoms with Crippen molar-refractivity contribution >= 4 is 5.96 Å². The van der Waals surface area contributed by atoms with Gasteiger partial charge in [-0.15, -0.1) is 0 Å². The molecule has 2 N–H and O–H groups in total. The predicted molar refractivity (Wildman–Crippen MR) is 120 cm³/mol. The van der Waals surface area contributed by atoms with Crippen LogP contribution in [0.3, 0.4) is 0 Å². The lowest BCUT2D eigenvalue weighted by Crippen LogP contribution is -2.39. The van der Waals surface area contributed by atoms with Gasteiger partial charge in [0.15, 0.2) is 17.5 Å². The highest BCUT2D eigenvalue weighted by molar-refractivity contribution is 5.79.